The first-order valence-corrected chi connectivity index (χ1v) is 6.15. The van der Waals surface area contributed by atoms with Crippen LogP contribution in [0.25, 0.3) is 0 Å². The lowest BCUT2D eigenvalue weighted by Gasteiger charge is -2.13. The second kappa shape index (κ2) is 7.33. The quantitative estimate of drug-likeness (QED) is 0.801. The second-order valence-corrected chi connectivity index (χ2v) is 4.57. The van der Waals surface area contributed by atoms with E-state index in [1.165, 1.54) is 7.11 Å². The maximum Gasteiger partial charge on any atom is 0.330 e. The molecule has 0 bridgehead atoms. The average Bonchev–Trinajstić information content (AvgIpc) is 2.39. The standard InChI is InChI=1S/C12H13Cl2NO4/c1-19-12(18)10(6-16)15-11(17)5-7-2-3-8(13)9(14)4-7/h2-4,10,16H,5-6H2,1H3,(H,15,17)/t10-/m0/s1. The lowest BCUT2D eigenvalue weighted by molar-refractivity contribution is -0.146. The summed E-state index contributed by atoms with van der Waals surface area (Å²) < 4.78 is 4.44. The van der Waals surface area contributed by atoms with Gasteiger partial charge < -0.3 is 15.2 Å². The van der Waals surface area contributed by atoms with E-state index in [4.69, 9.17) is 28.3 Å². The molecule has 0 aliphatic heterocycles. The molecule has 0 aromatic heterocycles. The van der Waals surface area contributed by atoms with E-state index in [-0.39, 0.29) is 6.42 Å². The Morgan fingerprint density at radius 2 is 2.05 bits per heavy atom. The molecule has 0 aliphatic rings. The number of methoxy groups -OCH3 is 1. The Kier molecular flexibility index (Phi) is 6.08. The third-order valence-electron chi connectivity index (χ3n) is 2.35. The van der Waals surface area contributed by atoms with Crippen LogP contribution in [0.1, 0.15) is 5.56 Å². The van der Waals surface area contributed by atoms with E-state index in [1.807, 2.05) is 0 Å². The van der Waals surface area contributed by atoms with Crippen molar-refractivity contribution in [3.63, 3.8) is 0 Å². The van der Waals surface area contributed by atoms with Crippen LogP contribution in [0, 0.1) is 0 Å². The molecule has 1 aromatic carbocycles. The molecule has 0 heterocycles. The number of benzene rings is 1. The summed E-state index contributed by atoms with van der Waals surface area (Å²) in [6.45, 7) is -0.528. The predicted molar refractivity (Wildman–Crippen MR) is 71.2 cm³/mol. The lowest BCUT2D eigenvalue weighted by Crippen LogP contribution is -2.44. The van der Waals surface area contributed by atoms with Crippen molar-refractivity contribution >= 4 is 35.1 Å². The number of halogens is 2. The number of amides is 1. The van der Waals surface area contributed by atoms with E-state index >= 15 is 0 Å². The van der Waals surface area contributed by atoms with E-state index in [0.29, 0.717) is 15.6 Å². The fourth-order valence-corrected chi connectivity index (χ4v) is 1.72. The van der Waals surface area contributed by atoms with Crippen LogP contribution in [0.5, 0.6) is 0 Å². The number of esters is 1. The van der Waals surface area contributed by atoms with Crippen LogP contribution in [0.2, 0.25) is 10.0 Å². The van der Waals surface area contributed by atoms with Gasteiger partial charge in [0.15, 0.2) is 6.04 Å². The number of aliphatic hydroxyl groups excluding tert-OH is 1. The molecule has 19 heavy (non-hydrogen) atoms. The first-order valence-electron chi connectivity index (χ1n) is 5.40. The minimum atomic E-state index is -1.07. The second-order valence-electron chi connectivity index (χ2n) is 3.75. The summed E-state index contributed by atoms with van der Waals surface area (Å²) in [6, 6.07) is 3.73. The maximum absolute atomic E-state index is 11.7. The van der Waals surface area contributed by atoms with Crippen LogP contribution in [-0.2, 0) is 20.7 Å². The molecule has 0 fully saturated rings. The highest BCUT2D eigenvalue weighted by atomic mass is 35.5. The summed E-state index contributed by atoms with van der Waals surface area (Å²) >= 11 is 11.6. The third kappa shape index (κ3) is 4.70. The lowest BCUT2D eigenvalue weighted by atomic mass is 10.1. The molecule has 104 valence electrons. The van der Waals surface area contributed by atoms with E-state index in [0.717, 1.165) is 0 Å². The fourth-order valence-electron chi connectivity index (χ4n) is 1.40. The van der Waals surface area contributed by atoms with Gasteiger partial charge in [0, 0.05) is 0 Å². The van der Waals surface area contributed by atoms with Crippen molar-refractivity contribution in [3.05, 3.63) is 33.8 Å². The van der Waals surface area contributed by atoms with Gasteiger partial charge >= 0.3 is 5.97 Å². The Labute approximate surface area is 120 Å². The third-order valence-corrected chi connectivity index (χ3v) is 3.09. The Balaban J connectivity index is 2.64. The summed E-state index contributed by atoms with van der Waals surface area (Å²) in [5.74, 6) is -1.13. The zero-order valence-corrected chi connectivity index (χ0v) is 11.7. The van der Waals surface area contributed by atoms with Crippen molar-refractivity contribution in [2.75, 3.05) is 13.7 Å². The highest BCUT2D eigenvalue weighted by Gasteiger charge is 2.20. The summed E-state index contributed by atoms with van der Waals surface area (Å²) in [7, 11) is 1.18. The normalized spacial score (nSPS) is 11.8. The number of nitrogens with one attached hydrogen (secondary N) is 1. The smallest absolute Gasteiger partial charge is 0.330 e. The molecule has 0 saturated heterocycles. The van der Waals surface area contributed by atoms with Gasteiger partial charge in [-0.1, -0.05) is 29.3 Å². The van der Waals surface area contributed by atoms with Gasteiger partial charge in [-0.05, 0) is 17.7 Å². The molecular formula is C12H13Cl2NO4. The van der Waals surface area contributed by atoms with Crippen molar-refractivity contribution in [3.8, 4) is 0 Å². The van der Waals surface area contributed by atoms with Crippen LogP contribution in [0.3, 0.4) is 0 Å². The molecule has 5 nitrogen and oxygen atoms in total. The zero-order valence-electron chi connectivity index (χ0n) is 10.2. The summed E-state index contributed by atoms with van der Waals surface area (Å²) in [5, 5.41) is 12.1. The topological polar surface area (TPSA) is 75.6 Å². The molecule has 0 unspecified atom stereocenters. The molecule has 1 rings (SSSR count). The molecule has 0 aliphatic carbocycles. The van der Waals surface area contributed by atoms with Crippen molar-refractivity contribution < 1.29 is 19.4 Å². The van der Waals surface area contributed by atoms with Gasteiger partial charge in [0.2, 0.25) is 5.91 Å². The Hall–Kier alpha value is -1.30. The van der Waals surface area contributed by atoms with E-state index in [1.54, 1.807) is 18.2 Å². The highest BCUT2D eigenvalue weighted by Crippen LogP contribution is 2.22. The SMILES string of the molecule is COC(=O)[C@H](CO)NC(=O)Cc1ccc(Cl)c(Cl)c1. The van der Waals surface area contributed by atoms with Gasteiger partial charge in [-0.25, -0.2) is 4.79 Å². The maximum atomic E-state index is 11.7. The number of ether oxygens (including phenoxy) is 1. The molecule has 0 saturated carbocycles. The minimum absolute atomic E-state index is 0.0182. The van der Waals surface area contributed by atoms with Crippen molar-refractivity contribution in [1.82, 2.24) is 5.32 Å². The molecule has 1 aromatic rings. The number of hydrogen-bond acceptors (Lipinski definition) is 4. The zero-order chi connectivity index (χ0) is 14.4. The van der Waals surface area contributed by atoms with Gasteiger partial charge in [-0.2, -0.15) is 0 Å². The van der Waals surface area contributed by atoms with E-state index in [2.05, 4.69) is 10.1 Å². The van der Waals surface area contributed by atoms with Gasteiger partial charge in [0.05, 0.1) is 30.2 Å². The average molecular weight is 306 g/mol. The number of carbonyl (C=O) groups excluding carboxylic acids is 2. The molecule has 2 N–H and O–H groups in total. The van der Waals surface area contributed by atoms with Gasteiger partial charge in [0.25, 0.3) is 0 Å². The first kappa shape index (κ1) is 15.8. The molecule has 7 heteroatoms. The summed E-state index contributed by atoms with van der Waals surface area (Å²) in [4.78, 5) is 22.9. The Morgan fingerprint density at radius 3 is 2.58 bits per heavy atom. The molecule has 0 radical (unpaired) electrons. The van der Waals surface area contributed by atoms with Crippen molar-refractivity contribution in [2.24, 2.45) is 0 Å². The van der Waals surface area contributed by atoms with Gasteiger partial charge in [-0.3, -0.25) is 4.79 Å². The van der Waals surface area contributed by atoms with Crippen LogP contribution >= 0.6 is 23.2 Å². The van der Waals surface area contributed by atoms with Gasteiger partial charge in [-0.15, -0.1) is 0 Å². The molecule has 1 atom stereocenters. The first-order chi connectivity index (χ1) is 8.97. The largest absolute Gasteiger partial charge is 0.467 e. The number of rotatable bonds is 5. The fraction of sp³-hybridized carbons (Fsp3) is 0.333. The number of aliphatic hydroxyl groups is 1. The monoisotopic (exact) mass is 305 g/mol. The highest BCUT2D eigenvalue weighted by molar-refractivity contribution is 6.42. The van der Waals surface area contributed by atoms with Crippen molar-refractivity contribution in [2.45, 2.75) is 12.5 Å². The molecule has 0 spiro atoms. The van der Waals surface area contributed by atoms with E-state index in [9.17, 15) is 9.59 Å². The number of hydrogen-bond donors (Lipinski definition) is 2. The van der Waals surface area contributed by atoms with Crippen LogP contribution in [0.4, 0.5) is 0 Å². The number of carbonyl (C=O) groups is 2. The van der Waals surface area contributed by atoms with Gasteiger partial charge in [0.1, 0.15) is 0 Å². The van der Waals surface area contributed by atoms with Crippen LogP contribution in [-0.4, -0.2) is 36.7 Å². The summed E-state index contributed by atoms with van der Waals surface area (Å²) in [6.07, 6.45) is 0.0182. The van der Waals surface area contributed by atoms with E-state index < -0.39 is 24.5 Å². The molecular weight excluding hydrogens is 293 g/mol. The predicted octanol–water partition coefficient (Wildman–Crippen LogP) is 1.19. The summed E-state index contributed by atoms with van der Waals surface area (Å²) in [5.41, 5.74) is 0.647. The van der Waals surface area contributed by atoms with Crippen LogP contribution < -0.4 is 5.32 Å². The Morgan fingerprint density at radius 1 is 1.37 bits per heavy atom. The minimum Gasteiger partial charge on any atom is -0.467 e. The Bertz CT molecular complexity index is 479. The van der Waals surface area contributed by atoms with Crippen molar-refractivity contribution in [1.29, 1.82) is 0 Å². The molecule has 1 amide bonds. The van der Waals surface area contributed by atoms with Crippen LogP contribution in [0.15, 0.2) is 18.2 Å².